The summed E-state index contributed by atoms with van der Waals surface area (Å²) in [6.45, 7) is 0. The fraction of sp³-hybridized carbons (Fsp3) is 0.364. The molecule has 3 rings (SSSR count). The first-order valence-corrected chi connectivity index (χ1v) is 6.10. The number of nitro benzene ring substituents is 1. The van der Waals surface area contributed by atoms with Crippen molar-refractivity contribution in [3.05, 3.63) is 33.1 Å². The van der Waals surface area contributed by atoms with E-state index < -0.39 is 22.6 Å². The Labute approximate surface area is 115 Å². The van der Waals surface area contributed by atoms with Crippen LogP contribution in [-0.4, -0.2) is 14.5 Å². The van der Waals surface area contributed by atoms with Crippen LogP contribution < -0.4 is 0 Å². The standard InChI is InChI=1S/C11H7ClF3N3O2/c12-8-6(18(19)20)3-4-7-9(8)16-10(11(13,14)15)17(7)5-1-2-5/h3-5H,1-2H2. The molecule has 1 aromatic carbocycles. The van der Waals surface area contributed by atoms with Gasteiger partial charge in [0.25, 0.3) is 5.69 Å². The molecule has 20 heavy (non-hydrogen) atoms. The Morgan fingerprint density at radius 2 is 2.05 bits per heavy atom. The fourth-order valence-corrected chi connectivity index (χ4v) is 2.43. The van der Waals surface area contributed by atoms with Crippen molar-refractivity contribution in [1.29, 1.82) is 0 Å². The van der Waals surface area contributed by atoms with Gasteiger partial charge in [0.1, 0.15) is 10.5 Å². The molecule has 1 heterocycles. The van der Waals surface area contributed by atoms with Crippen molar-refractivity contribution >= 4 is 28.3 Å². The molecule has 0 bridgehead atoms. The quantitative estimate of drug-likeness (QED) is 0.623. The minimum absolute atomic E-state index is 0.176. The minimum atomic E-state index is -4.63. The van der Waals surface area contributed by atoms with Crippen LogP contribution in [-0.2, 0) is 6.18 Å². The predicted molar refractivity (Wildman–Crippen MR) is 64.7 cm³/mol. The molecular weight excluding hydrogens is 299 g/mol. The Morgan fingerprint density at radius 1 is 1.40 bits per heavy atom. The molecule has 0 aliphatic heterocycles. The van der Waals surface area contributed by atoms with Gasteiger partial charge in [0.05, 0.1) is 10.4 Å². The van der Waals surface area contributed by atoms with Gasteiger partial charge in [-0.15, -0.1) is 0 Å². The van der Waals surface area contributed by atoms with E-state index in [1.54, 1.807) is 0 Å². The third-order valence-corrected chi connectivity index (χ3v) is 3.51. The fourth-order valence-electron chi connectivity index (χ4n) is 2.16. The third-order valence-electron chi connectivity index (χ3n) is 3.14. The van der Waals surface area contributed by atoms with E-state index in [1.807, 2.05) is 0 Å². The van der Waals surface area contributed by atoms with E-state index in [0.29, 0.717) is 12.8 Å². The van der Waals surface area contributed by atoms with Gasteiger partial charge in [-0.1, -0.05) is 11.6 Å². The Balaban J connectivity index is 2.33. The Hall–Kier alpha value is -1.83. The molecule has 0 unspecified atom stereocenters. The lowest BCUT2D eigenvalue weighted by atomic mass is 10.2. The summed E-state index contributed by atoms with van der Waals surface area (Å²) in [6, 6.07) is 2.10. The zero-order valence-corrected chi connectivity index (χ0v) is 10.6. The number of aromatic nitrogens is 2. The molecule has 1 aliphatic carbocycles. The number of alkyl halides is 3. The van der Waals surface area contributed by atoms with E-state index in [4.69, 9.17) is 11.6 Å². The maximum atomic E-state index is 13.0. The minimum Gasteiger partial charge on any atom is -0.317 e. The average Bonchev–Trinajstić information content (AvgIpc) is 3.08. The molecule has 0 atom stereocenters. The molecule has 0 N–H and O–H groups in total. The Morgan fingerprint density at radius 3 is 2.55 bits per heavy atom. The summed E-state index contributed by atoms with van der Waals surface area (Å²) in [5, 5.41) is 10.4. The lowest BCUT2D eigenvalue weighted by molar-refractivity contribution is -0.384. The van der Waals surface area contributed by atoms with E-state index in [9.17, 15) is 23.3 Å². The lowest BCUT2D eigenvalue weighted by Gasteiger charge is -2.09. The van der Waals surface area contributed by atoms with Gasteiger partial charge in [0, 0.05) is 12.1 Å². The maximum absolute atomic E-state index is 13.0. The molecule has 5 nitrogen and oxygen atoms in total. The molecule has 9 heteroatoms. The number of halogens is 4. The average molecular weight is 306 g/mol. The molecule has 1 aromatic heterocycles. The van der Waals surface area contributed by atoms with Crippen LogP contribution in [0, 0.1) is 10.1 Å². The van der Waals surface area contributed by atoms with E-state index in [0.717, 1.165) is 10.6 Å². The third kappa shape index (κ3) is 1.91. The molecule has 0 radical (unpaired) electrons. The number of imidazole rings is 1. The number of nitrogens with zero attached hydrogens (tertiary/aromatic N) is 3. The van der Waals surface area contributed by atoms with E-state index in [-0.39, 0.29) is 22.1 Å². The molecule has 106 valence electrons. The van der Waals surface area contributed by atoms with Crippen molar-refractivity contribution in [2.24, 2.45) is 0 Å². The topological polar surface area (TPSA) is 61.0 Å². The van der Waals surface area contributed by atoms with Crippen molar-refractivity contribution in [2.75, 3.05) is 0 Å². The van der Waals surface area contributed by atoms with Gasteiger partial charge in [-0.3, -0.25) is 10.1 Å². The van der Waals surface area contributed by atoms with Gasteiger partial charge < -0.3 is 4.57 Å². The highest BCUT2D eigenvalue weighted by Gasteiger charge is 2.42. The van der Waals surface area contributed by atoms with Crippen LogP contribution in [0.15, 0.2) is 12.1 Å². The number of fused-ring (bicyclic) bond motifs is 1. The van der Waals surface area contributed by atoms with Crippen molar-refractivity contribution < 1.29 is 18.1 Å². The molecule has 0 amide bonds. The van der Waals surface area contributed by atoms with Crippen LogP contribution in [0.4, 0.5) is 18.9 Å². The van der Waals surface area contributed by atoms with Gasteiger partial charge in [0.15, 0.2) is 0 Å². The molecule has 1 fully saturated rings. The van der Waals surface area contributed by atoms with Crippen LogP contribution in [0.25, 0.3) is 11.0 Å². The van der Waals surface area contributed by atoms with E-state index >= 15 is 0 Å². The molecule has 1 aliphatic rings. The van der Waals surface area contributed by atoms with Crippen molar-refractivity contribution in [3.63, 3.8) is 0 Å². The van der Waals surface area contributed by atoms with Gasteiger partial charge in [-0.25, -0.2) is 4.98 Å². The smallest absolute Gasteiger partial charge is 0.317 e. The summed E-state index contributed by atoms with van der Waals surface area (Å²) in [4.78, 5) is 13.5. The van der Waals surface area contributed by atoms with Gasteiger partial charge in [-0.2, -0.15) is 13.2 Å². The van der Waals surface area contributed by atoms with Crippen LogP contribution in [0.2, 0.25) is 5.02 Å². The van der Waals surface area contributed by atoms with Crippen molar-refractivity contribution in [2.45, 2.75) is 25.1 Å². The second-order valence-corrected chi connectivity index (χ2v) is 4.94. The molecular formula is C11H7ClF3N3O2. The zero-order valence-electron chi connectivity index (χ0n) is 9.82. The number of rotatable bonds is 2. The second-order valence-electron chi connectivity index (χ2n) is 4.56. The number of hydrogen-bond acceptors (Lipinski definition) is 3. The largest absolute Gasteiger partial charge is 0.449 e. The van der Waals surface area contributed by atoms with Crippen LogP contribution in [0.5, 0.6) is 0 Å². The van der Waals surface area contributed by atoms with Crippen LogP contribution in [0.3, 0.4) is 0 Å². The molecule has 0 spiro atoms. The normalized spacial score (nSPS) is 15.8. The summed E-state index contributed by atoms with van der Waals surface area (Å²) in [7, 11) is 0. The van der Waals surface area contributed by atoms with Gasteiger partial charge in [-0.05, 0) is 18.9 Å². The van der Waals surface area contributed by atoms with Crippen molar-refractivity contribution in [1.82, 2.24) is 9.55 Å². The number of hydrogen-bond donors (Lipinski definition) is 0. The number of benzene rings is 1. The van der Waals surface area contributed by atoms with Gasteiger partial charge in [0.2, 0.25) is 5.82 Å². The summed E-state index contributed by atoms with van der Waals surface area (Å²) in [6.07, 6.45) is -3.37. The van der Waals surface area contributed by atoms with E-state index in [2.05, 4.69) is 4.98 Å². The Kier molecular flexibility index (Phi) is 2.69. The zero-order chi connectivity index (χ0) is 14.7. The van der Waals surface area contributed by atoms with E-state index in [1.165, 1.54) is 6.07 Å². The second kappa shape index (κ2) is 4.08. The molecule has 1 saturated carbocycles. The summed E-state index contributed by atoms with van der Waals surface area (Å²) < 4.78 is 40.1. The number of nitro groups is 1. The first-order chi connectivity index (χ1) is 9.30. The molecule has 0 saturated heterocycles. The summed E-state index contributed by atoms with van der Waals surface area (Å²) in [5.41, 5.74) is -0.455. The Bertz CT molecular complexity index is 722. The van der Waals surface area contributed by atoms with Gasteiger partial charge >= 0.3 is 6.18 Å². The van der Waals surface area contributed by atoms with Crippen LogP contribution >= 0.6 is 11.6 Å². The van der Waals surface area contributed by atoms with Crippen molar-refractivity contribution in [3.8, 4) is 0 Å². The summed E-state index contributed by atoms with van der Waals surface area (Å²) >= 11 is 5.81. The van der Waals surface area contributed by atoms with Crippen LogP contribution in [0.1, 0.15) is 24.7 Å². The maximum Gasteiger partial charge on any atom is 0.449 e. The first-order valence-electron chi connectivity index (χ1n) is 5.72. The molecule has 2 aromatic rings. The monoisotopic (exact) mass is 305 g/mol. The highest BCUT2D eigenvalue weighted by atomic mass is 35.5. The lowest BCUT2D eigenvalue weighted by Crippen LogP contribution is -2.14. The predicted octanol–water partition coefficient (Wildman–Crippen LogP) is 3.95. The highest BCUT2D eigenvalue weighted by Crippen LogP contribution is 2.44. The SMILES string of the molecule is O=[N+]([O-])c1ccc2c(nc(C(F)(F)F)n2C2CC2)c1Cl. The summed E-state index contributed by atoms with van der Waals surface area (Å²) in [5.74, 6) is -1.06. The first kappa shape index (κ1) is 13.2. The highest BCUT2D eigenvalue weighted by molar-refractivity contribution is 6.37.